The first-order valence-electron chi connectivity index (χ1n) is 3.46. The summed E-state index contributed by atoms with van der Waals surface area (Å²) >= 11 is 0. The van der Waals surface area contributed by atoms with Gasteiger partial charge in [0.1, 0.15) is 0 Å². The molecule has 1 unspecified atom stereocenters. The fraction of sp³-hybridized carbons (Fsp3) is 0.375. The first-order valence-corrected chi connectivity index (χ1v) is 3.46. The number of nitriles is 1. The Morgan fingerprint density at radius 1 is 1.70 bits per heavy atom. The van der Waals surface area contributed by atoms with Crippen molar-refractivity contribution in [3.63, 3.8) is 0 Å². The fourth-order valence-corrected chi connectivity index (χ4v) is 1.49. The molecule has 0 spiro atoms. The lowest BCUT2D eigenvalue weighted by molar-refractivity contribution is 0.733. The molecule has 0 radical (unpaired) electrons. The highest BCUT2D eigenvalue weighted by Crippen LogP contribution is 2.26. The summed E-state index contributed by atoms with van der Waals surface area (Å²) in [5.41, 5.74) is 1.18. The molecule has 1 atom stereocenters. The van der Waals surface area contributed by atoms with Crippen molar-refractivity contribution in [3.8, 4) is 6.07 Å². The lowest BCUT2D eigenvalue weighted by Gasteiger charge is -1.94. The van der Waals surface area contributed by atoms with E-state index < -0.39 is 0 Å². The number of hydrogen-bond acceptors (Lipinski definition) is 1. The SMILES string of the molecule is N#CC1CCn2cccc21. The van der Waals surface area contributed by atoms with Gasteiger partial charge in [-0.05, 0) is 18.6 Å². The van der Waals surface area contributed by atoms with Gasteiger partial charge in [0.05, 0.1) is 12.0 Å². The normalized spacial score (nSPS) is 22.1. The minimum absolute atomic E-state index is 0.148. The van der Waals surface area contributed by atoms with Gasteiger partial charge in [0.15, 0.2) is 0 Å². The first kappa shape index (κ1) is 5.55. The summed E-state index contributed by atoms with van der Waals surface area (Å²) in [5, 5.41) is 8.67. The van der Waals surface area contributed by atoms with Gasteiger partial charge in [0.2, 0.25) is 0 Å². The van der Waals surface area contributed by atoms with Gasteiger partial charge in [-0.2, -0.15) is 5.26 Å². The van der Waals surface area contributed by atoms with Crippen LogP contribution in [0, 0.1) is 11.3 Å². The summed E-state index contributed by atoms with van der Waals surface area (Å²) in [6, 6.07) is 6.31. The predicted molar refractivity (Wildman–Crippen MR) is 37.4 cm³/mol. The lowest BCUT2D eigenvalue weighted by atomic mass is 10.1. The van der Waals surface area contributed by atoms with E-state index in [2.05, 4.69) is 10.6 Å². The van der Waals surface area contributed by atoms with Crippen LogP contribution in [0.2, 0.25) is 0 Å². The zero-order chi connectivity index (χ0) is 6.97. The Kier molecular flexibility index (Phi) is 1.04. The molecule has 0 saturated carbocycles. The average Bonchev–Trinajstić information content (AvgIpc) is 2.44. The van der Waals surface area contributed by atoms with Crippen molar-refractivity contribution in [1.29, 1.82) is 5.26 Å². The Labute approximate surface area is 59.7 Å². The molecule has 1 aliphatic heterocycles. The van der Waals surface area contributed by atoms with E-state index in [1.807, 2.05) is 18.3 Å². The maximum absolute atomic E-state index is 8.67. The van der Waals surface area contributed by atoms with Gasteiger partial charge in [-0.3, -0.25) is 0 Å². The number of aryl methyl sites for hydroxylation is 1. The molecule has 0 N–H and O–H groups in total. The molecule has 0 fully saturated rings. The Balaban J connectivity index is 2.46. The van der Waals surface area contributed by atoms with Crippen LogP contribution in [-0.2, 0) is 6.54 Å². The van der Waals surface area contributed by atoms with E-state index in [1.165, 1.54) is 5.69 Å². The second-order valence-electron chi connectivity index (χ2n) is 2.60. The van der Waals surface area contributed by atoms with Gasteiger partial charge < -0.3 is 4.57 Å². The number of hydrogen-bond donors (Lipinski definition) is 0. The average molecular weight is 132 g/mol. The van der Waals surface area contributed by atoms with Crippen LogP contribution in [0.1, 0.15) is 18.0 Å². The summed E-state index contributed by atoms with van der Waals surface area (Å²) in [4.78, 5) is 0. The van der Waals surface area contributed by atoms with E-state index in [0.717, 1.165) is 13.0 Å². The summed E-state index contributed by atoms with van der Waals surface area (Å²) < 4.78 is 2.15. The minimum atomic E-state index is 0.148. The van der Waals surface area contributed by atoms with Crippen LogP contribution < -0.4 is 0 Å². The monoisotopic (exact) mass is 132 g/mol. The van der Waals surface area contributed by atoms with Crippen molar-refractivity contribution in [2.75, 3.05) is 0 Å². The summed E-state index contributed by atoms with van der Waals surface area (Å²) in [6.45, 7) is 1.01. The molecule has 2 nitrogen and oxygen atoms in total. The van der Waals surface area contributed by atoms with E-state index in [1.54, 1.807) is 0 Å². The van der Waals surface area contributed by atoms with Crippen molar-refractivity contribution < 1.29 is 0 Å². The van der Waals surface area contributed by atoms with E-state index in [4.69, 9.17) is 5.26 Å². The van der Waals surface area contributed by atoms with E-state index >= 15 is 0 Å². The third-order valence-electron chi connectivity index (χ3n) is 2.04. The van der Waals surface area contributed by atoms with Gasteiger partial charge in [-0.25, -0.2) is 0 Å². The number of rotatable bonds is 0. The largest absolute Gasteiger partial charge is 0.350 e. The zero-order valence-electron chi connectivity index (χ0n) is 5.62. The van der Waals surface area contributed by atoms with Crippen molar-refractivity contribution in [3.05, 3.63) is 24.0 Å². The van der Waals surface area contributed by atoms with E-state index in [9.17, 15) is 0 Å². The number of nitrogens with zero attached hydrogens (tertiary/aromatic N) is 2. The molecule has 0 saturated heterocycles. The number of aromatic nitrogens is 1. The third-order valence-corrected chi connectivity index (χ3v) is 2.04. The molecular weight excluding hydrogens is 124 g/mol. The third kappa shape index (κ3) is 0.577. The van der Waals surface area contributed by atoms with Crippen LogP contribution in [0.3, 0.4) is 0 Å². The first-order chi connectivity index (χ1) is 4.92. The van der Waals surface area contributed by atoms with Crippen LogP contribution >= 0.6 is 0 Å². The second-order valence-corrected chi connectivity index (χ2v) is 2.60. The second kappa shape index (κ2) is 1.88. The highest BCUT2D eigenvalue weighted by atomic mass is 15.0. The Bertz CT molecular complexity index is 280. The van der Waals surface area contributed by atoms with Crippen LogP contribution in [0.5, 0.6) is 0 Å². The van der Waals surface area contributed by atoms with Gasteiger partial charge in [0, 0.05) is 18.4 Å². The highest BCUT2D eigenvalue weighted by molar-refractivity contribution is 5.22. The topological polar surface area (TPSA) is 28.7 Å². The Morgan fingerprint density at radius 2 is 2.60 bits per heavy atom. The molecule has 10 heavy (non-hydrogen) atoms. The van der Waals surface area contributed by atoms with Gasteiger partial charge in [0.25, 0.3) is 0 Å². The Morgan fingerprint density at radius 3 is 3.40 bits per heavy atom. The summed E-state index contributed by atoms with van der Waals surface area (Å²) in [6.07, 6.45) is 3.03. The zero-order valence-corrected chi connectivity index (χ0v) is 5.62. The molecule has 0 amide bonds. The van der Waals surface area contributed by atoms with Gasteiger partial charge in [-0.1, -0.05) is 0 Å². The maximum Gasteiger partial charge on any atom is 0.0881 e. The van der Waals surface area contributed by atoms with Gasteiger partial charge >= 0.3 is 0 Å². The van der Waals surface area contributed by atoms with Crippen LogP contribution in [-0.4, -0.2) is 4.57 Å². The molecule has 2 heteroatoms. The van der Waals surface area contributed by atoms with E-state index in [-0.39, 0.29) is 5.92 Å². The molecule has 1 aromatic rings. The predicted octanol–water partition coefficient (Wildman–Crippen LogP) is 1.50. The van der Waals surface area contributed by atoms with Gasteiger partial charge in [-0.15, -0.1) is 0 Å². The molecule has 2 rings (SSSR count). The van der Waals surface area contributed by atoms with Crippen molar-refractivity contribution in [2.45, 2.75) is 18.9 Å². The Hall–Kier alpha value is -1.23. The number of fused-ring (bicyclic) bond motifs is 1. The molecular formula is C8H8N2. The highest BCUT2D eigenvalue weighted by Gasteiger charge is 2.20. The fourth-order valence-electron chi connectivity index (χ4n) is 1.49. The molecule has 2 heterocycles. The quantitative estimate of drug-likeness (QED) is 0.525. The van der Waals surface area contributed by atoms with Crippen LogP contribution in [0.15, 0.2) is 18.3 Å². The summed E-state index contributed by atoms with van der Waals surface area (Å²) in [7, 11) is 0. The van der Waals surface area contributed by atoms with E-state index in [0.29, 0.717) is 0 Å². The summed E-state index contributed by atoms with van der Waals surface area (Å²) in [5.74, 6) is 0.148. The standard InChI is InChI=1S/C8H8N2/c9-6-7-3-5-10-4-1-2-8(7)10/h1-2,4,7H,3,5H2. The smallest absolute Gasteiger partial charge is 0.0881 e. The molecule has 0 aromatic carbocycles. The van der Waals surface area contributed by atoms with Crippen molar-refractivity contribution >= 4 is 0 Å². The maximum atomic E-state index is 8.67. The lowest BCUT2D eigenvalue weighted by Crippen LogP contribution is -1.88. The molecule has 0 aliphatic carbocycles. The molecule has 50 valence electrons. The molecule has 1 aliphatic rings. The molecule has 1 aromatic heterocycles. The van der Waals surface area contributed by atoms with Crippen LogP contribution in [0.25, 0.3) is 0 Å². The van der Waals surface area contributed by atoms with Crippen molar-refractivity contribution in [2.24, 2.45) is 0 Å². The van der Waals surface area contributed by atoms with Crippen molar-refractivity contribution in [1.82, 2.24) is 4.57 Å². The van der Waals surface area contributed by atoms with Crippen LogP contribution in [0.4, 0.5) is 0 Å². The minimum Gasteiger partial charge on any atom is -0.350 e. The molecule has 0 bridgehead atoms.